The molecule has 0 N–H and O–H groups in total. The fraction of sp³-hybridized carbons (Fsp3) is 0.375. The zero-order valence-corrected chi connectivity index (χ0v) is 8.71. The van der Waals surface area contributed by atoms with E-state index in [-0.39, 0.29) is 22.4 Å². The molecule has 0 spiro atoms. The van der Waals surface area contributed by atoms with Crippen LogP contribution in [-0.2, 0) is 0 Å². The molecule has 0 fully saturated rings. The zero-order valence-electron chi connectivity index (χ0n) is 7.96. The van der Waals surface area contributed by atoms with Gasteiger partial charge in [0, 0.05) is 0 Å². The fourth-order valence-corrected chi connectivity index (χ4v) is 1.26. The van der Waals surface area contributed by atoms with Crippen LogP contribution in [0.25, 0.3) is 0 Å². The van der Waals surface area contributed by atoms with E-state index in [0.29, 0.717) is 4.73 Å². The molecule has 0 aliphatic rings. The number of nitrogens with zero attached hydrogens (tertiary/aromatic N) is 1. The summed E-state index contributed by atoms with van der Waals surface area (Å²) in [7, 11) is 4.14. The van der Waals surface area contributed by atoms with Crippen molar-refractivity contribution < 1.29 is 18.9 Å². The van der Waals surface area contributed by atoms with Gasteiger partial charge in [0.05, 0.1) is 21.3 Å². The van der Waals surface area contributed by atoms with E-state index < -0.39 is 0 Å². The van der Waals surface area contributed by atoms with Crippen molar-refractivity contribution in [1.29, 1.82) is 0 Å². The summed E-state index contributed by atoms with van der Waals surface area (Å²) in [5.74, 6) is 0.320. The highest BCUT2D eigenvalue weighted by Gasteiger charge is 2.25. The van der Waals surface area contributed by atoms with E-state index in [2.05, 4.69) is 6.20 Å². The van der Waals surface area contributed by atoms with Crippen LogP contribution in [0.1, 0.15) is 0 Å². The van der Waals surface area contributed by atoms with E-state index in [4.69, 9.17) is 25.8 Å². The molecule has 0 saturated heterocycles. The number of methoxy groups -OCH3 is 3. The van der Waals surface area contributed by atoms with E-state index in [1.807, 2.05) is 0 Å². The standard InChI is InChI=1S/C8H9ClNO4/c1-12-6-5(9)4-10(11)8(14-3)7(6)13-2/h1-3H3. The molecule has 5 nitrogen and oxygen atoms in total. The van der Waals surface area contributed by atoms with E-state index in [0.717, 1.165) is 0 Å². The van der Waals surface area contributed by atoms with Crippen molar-refractivity contribution in [3.8, 4) is 17.4 Å². The van der Waals surface area contributed by atoms with E-state index >= 15 is 0 Å². The molecular weight excluding hydrogens is 210 g/mol. The van der Waals surface area contributed by atoms with Gasteiger partial charge in [-0.15, -0.1) is 4.73 Å². The van der Waals surface area contributed by atoms with Gasteiger partial charge in [-0.25, -0.2) is 0 Å². The summed E-state index contributed by atoms with van der Waals surface area (Å²) in [6, 6.07) is 0. The van der Waals surface area contributed by atoms with Gasteiger partial charge in [0.2, 0.25) is 0 Å². The van der Waals surface area contributed by atoms with Crippen molar-refractivity contribution in [1.82, 2.24) is 0 Å². The molecule has 1 aromatic heterocycles. The largest absolute Gasteiger partial charge is 0.615 e. The maximum Gasteiger partial charge on any atom is 0.427 e. The Labute approximate surface area is 86.3 Å². The van der Waals surface area contributed by atoms with Crippen molar-refractivity contribution in [3.63, 3.8) is 0 Å². The van der Waals surface area contributed by atoms with Gasteiger partial charge in [-0.05, 0) is 0 Å². The van der Waals surface area contributed by atoms with Gasteiger partial charge in [-0.1, -0.05) is 11.6 Å². The molecule has 1 radical (unpaired) electrons. The molecule has 0 aliphatic heterocycles. The minimum atomic E-state index is -0.0475. The van der Waals surface area contributed by atoms with E-state index in [1.165, 1.54) is 21.3 Å². The summed E-state index contributed by atoms with van der Waals surface area (Å²) in [5, 5.41) is 11.3. The van der Waals surface area contributed by atoms with Gasteiger partial charge in [0.1, 0.15) is 0 Å². The fourth-order valence-electron chi connectivity index (χ4n) is 1.02. The number of ether oxygens (including phenoxy) is 3. The highest BCUT2D eigenvalue weighted by atomic mass is 35.5. The van der Waals surface area contributed by atoms with Crippen LogP contribution in [0.3, 0.4) is 0 Å². The van der Waals surface area contributed by atoms with Gasteiger partial charge in [0.15, 0.2) is 10.8 Å². The van der Waals surface area contributed by atoms with Crippen molar-refractivity contribution in [3.05, 3.63) is 16.4 Å². The van der Waals surface area contributed by atoms with Gasteiger partial charge >= 0.3 is 12.1 Å². The first kappa shape index (κ1) is 10.7. The van der Waals surface area contributed by atoms with Crippen LogP contribution in [0.5, 0.6) is 17.4 Å². The molecule has 0 aliphatic carbocycles. The molecule has 0 atom stereocenters. The smallest absolute Gasteiger partial charge is 0.427 e. The Morgan fingerprint density at radius 1 is 1.14 bits per heavy atom. The lowest BCUT2D eigenvalue weighted by atomic mass is 10.4. The molecule has 1 rings (SSSR count). The number of aromatic nitrogens is 1. The molecule has 0 unspecified atom stereocenters. The van der Waals surface area contributed by atoms with Gasteiger partial charge < -0.3 is 19.4 Å². The van der Waals surface area contributed by atoms with Gasteiger partial charge in [-0.2, -0.15) is 0 Å². The highest BCUT2D eigenvalue weighted by Crippen LogP contribution is 2.38. The Morgan fingerprint density at radius 2 is 1.71 bits per heavy atom. The number of hydrogen-bond acceptors (Lipinski definition) is 4. The first-order valence-electron chi connectivity index (χ1n) is 3.66. The maximum atomic E-state index is 11.2. The Morgan fingerprint density at radius 3 is 2.14 bits per heavy atom. The molecule has 0 saturated carbocycles. The number of halogens is 1. The van der Waals surface area contributed by atoms with Crippen molar-refractivity contribution in [2.75, 3.05) is 21.3 Å². The number of hydrogen-bond donors (Lipinski definition) is 0. The summed E-state index contributed by atoms with van der Waals surface area (Å²) < 4.78 is 15.1. The average Bonchev–Trinajstić information content (AvgIpc) is 2.16. The topological polar surface area (TPSA) is 54.6 Å². The third-order valence-electron chi connectivity index (χ3n) is 1.59. The Kier molecular flexibility index (Phi) is 3.24. The molecule has 0 bridgehead atoms. The first-order chi connectivity index (χ1) is 6.65. The van der Waals surface area contributed by atoms with E-state index in [1.54, 1.807) is 0 Å². The predicted octanol–water partition coefficient (Wildman–Crippen LogP) is 0.799. The zero-order chi connectivity index (χ0) is 10.7. The highest BCUT2D eigenvalue weighted by molar-refractivity contribution is 6.31. The van der Waals surface area contributed by atoms with Crippen LogP contribution in [0.4, 0.5) is 0 Å². The van der Waals surface area contributed by atoms with E-state index in [9.17, 15) is 5.21 Å². The van der Waals surface area contributed by atoms with Crippen LogP contribution in [0, 0.1) is 11.4 Å². The lowest BCUT2D eigenvalue weighted by molar-refractivity contribution is -0.616. The minimum absolute atomic E-state index is 0.0418. The molecule has 0 amide bonds. The summed E-state index contributed by atoms with van der Waals surface area (Å²) in [4.78, 5) is 0. The molecule has 0 aromatic carbocycles. The molecule has 77 valence electrons. The molecule has 1 heterocycles. The third kappa shape index (κ3) is 1.63. The Bertz CT molecular complexity index is 314. The molecular formula is C8H9ClNO4. The second-order valence-corrected chi connectivity index (χ2v) is 2.67. The minimum Gasteiger partial charge on any atom is -0.615 e. The average molecular weight is 219 g/mol. The normalized spacial score (nSPS) is 9.71. The van der Waals surface area contributed by atoms with Crippen molar-refractivity contribution in [2.45, 2.75) is 0 Å². The Hall–Kier alpha value is -1.36. The maximum absolute atomic E-state index is 11.2. The predicted molar refractivity (Wildman–Crippen MR) is 48.9 cm³/mol. The summed E-state index contributed by atoms with van der Waals surface area (Å²) in [5.41, 5.74) is 0. The quantitative estimate of drug-likeness (QED) is 0.556. The SMILES string of the molecule is COc1c(Cl)[c][n+]([O-])c(OC)c1OC. The number of rotatable bonds is 3. The summed E-state index contributed by atoms with van der Waals surface area (Å²) >= 11 is 5.71. The Balaban J connectivity index is 3.43. The third-order valence-corrected chi connectivity index (χ3v) is 1.84. The lowest BCUT2D eigenvalue weighted by Gasteiger charge is -2.10. The van der Waals surface area contributed by atoms with Crippen LogP contribution in [0.2, 0.25) is 5.02 Å². The van der Waals surface area contributed by atoms with Gasteiger partial charge in [-0.3, -0.25) is 0 Å². The van der Waals surface area contributed by atoms with Crippen LogP contribution in [0.15, 0.2) is 0 Å². The summed E-state index contributed by atoms with van der Waals surface area (Å²) in [6.07, 6.45) is 2.28. The van der Waals surface area contributed by atoms with Crippen molar-refractivity contribution in [2.24, 2.45) is 0 Å². The van der Waals surface area contributed by atoms with Crippen LogP contribution < -0.4 is 18.9 Å². The monoisotopic (exact) mass is 218 g/mol. The van der Waals surface area contributed by atoms with Crippen LogP contribution >= 0.6 is 11.6 Å². The molecule has 14 heavy (non-hydrogen) atoms. The second kappa shape index (κ2) is 4.23. The summed E-state index contributed by atoms with van der Waals surface area (Å²) in [6.45, 7) is 0. The molecule has 1 aromatic rings. The molecule has 6 heteroatoms. The number of pyridine rings is 1. The van der Waals surface area contributed by atoms with Crippen molar-refractivity contribution >= 4 is 11.6 Å². The van der Waals surface area contributed by atoms with Crippen LogP contribution in [-0.4, -0.2) is 21.3 Å². The first-order valence-corrected chi connectivity index (χ1v) is 4.03. The second-order valence-electron chi connectivity index (χ2n) is 2.30. The van der Waals surface area contributed by atoms with Gasteiger partial charge in [0.25, 0.3) is 5.75 Å². The lowest BCUT2D eigenvalue weighted by Crippen LogP contribution is -2.29.